The van der Waals surface area contributed by atoms with Gasteiger partial charge < -0.3 is 19.1 Å². The normalized spacial score (nSPS) is 18.9. The highest BCUT2D eigenvalue weighted by atomic mass is 16.5. The number of hydrogen-bond donors (Lipinski definition) is 0. The molecular formula is C25H34N2O3. The Labute approximate surface area is 180 Å². The molecule has 2 aliphatic rings. The van der Waals surface area contributed by atoms with Crippen molar-refractivity contribution in [2.75, 3.05) is 47.5 Å². The van der Waals surface area contributed by atoms with Gasteiger partial charge in [-0.2, -0.15) is 0 Å². The standard InChI is InChI=1S/C25H34N2O3/c1-26(13-10-19-6-9-24(28-2)25(16-19)29-3)22-5-4-12-27(18-22)17-20-7-8-23-21(15-20)11-14-30-23/h6-9,15-16,22H,4-5,10-14,17-18H2,1-3H3. The zero-order valence-electron chi connectivity index (χ0n) is 18.5. The first-order valence-electron chi connectivity index (χ1n) is 11.0. The quantitative estimate of drug-likeness (QED) is 0.662. The number of fused-ring (bicyclic) bond motifs is 1. The van der Waals surface area contributed by atoms with Gasteiger partial charge in [0.1, 0.15) is 5.75 Å². The van der Waals surface area contributed by atoms with Gasteiger partial charge in [-0.15, -0.1) is 0 Å². The van der Waals surface area contributed by atoms with Gasteiger partial charge in [-0.05, 0) is 67.7 Å². The predicted octanol–water partition coefficient (Wildman–Crippen LogP) is 3.78. The summed E-state index contributed by atoms with van der Waals surface area (Å²) in [5.41, 5.74) is 4.06. The molecule has 1 fully saturated rings. The van der Waals surface area contributed by atoms with E-state index >= 15 is 0 Å². The minimum atomic E-state index is 0.608. The van der Waals surface area contributed by atoms with Crippen LogP contribution in [0.5, 0.6) is 17.2 Å². The molecule has 0 N–H and O–H groups in total. The number of nitrogens with zero attached hydrogens (tertiary/aromatic N) is 2. The van der Waals surface area contributed by atoms with Crippen LogP contribution < -0.4 is 14.2 Å². The Morgan fingerprint density at radius 1 is 1.07 bits per heavy atom. The van der Waals surface area contributed by atoms with Crippen LogP contribution in [0.2, 0.25) is 0 Å². The first-order valence-corrected chi connectivity index (χ1v) is 11.0. The highest BCUT2D eigenvalue weighted by molar-refractivity contribution is 5.43. The first kappa shape index (κ1) is 21.0. The van der Waals surface area contributed by atoms with Gasteiger partial charge in [0.25, 0.3) is 0 Å². The summed E-state index contributed by atoms with van der Waals surface area (Å²) in [6, 6.07) is 13.6. The number of benzene rings is 2. The number of rotatable bonds is 8. The molecule has 1 saturated heterocycles. The molecule has 0 amide bonds. The average molecular weight is 411 g/mol. The number of methoxy groups -OCH3 is 2. The van der Waals surface area contributed by atoms with E-state index in [0.29, 0.717) is 6.04 Å². The van der Waals surface area contributed by atoms with E-state index < -0.39 is 0 Å². The summed E-state index contributed by atoms with van der Waals surface area (Å²) in [6.45, 7) is 5.23. The molecule has 0 aliphatic carbocycles. The molecular weight excluding hydrogens is 376 g/mol. The Morgan fingerprint density at radius 3 is 2.73 bits per heavy atom. The van der Waals surface area contributed by atoms with Crippen LogP contribution in [0.3, 0.4) is 0 Å². The van der Waals surface area contributed by atoms with Gasteiger partial charge in [0.05, 0.1) is 20.8 Å². The van der Waals surface area contributed by atoms with Crippen molar-refractivity contribution in [3.05, 3.63) is 53.1 Å². The van der Waals surface area contributed by atoms with Crippen LogP contribution in [0, 0.1) is 0 Å². The van der Waals surface area contributed by atoms with Gasteiger partial charge in [-0.1, -0.05) is 18.2 Å². The predicted molar refractivity (Wildman–Crippen MR) is 120 cm³/mol. The van der Waals surface area contributed by atoms with E-state index in [1.54, 1.807) is 14.2 Å². The topological polar surface area (TPSA) is 34.2 Å². The lowest BCUT2D eigenvalue weighted by Crippen LogP contribution is -2.46. The highest BCUT2D eigenvalue weighted by Crippen LogP contribution is 2.29. The van der Waals surface area contributed by atoms with Crippen molar-refractivity contribution >= 4 is 0 Å². The summed E-state index contributed by atoms with van der Waals surface area (Å²) < 4.78 is 16.4. The van der Waals surface area contributed by atoms with Crippen molar-refractivity contribution in [2.24, 2.45) is 0 Å². The summed E-state index contributed by atoms with van der Waals surface area (Å²) in [5.74, 6) is 2.67. The fourth-order valence-corrected chi connectivity index (χ4v) is 4.66. The van der Waals surface area contributed by atoms with Crippen LogP contribution in [0.25, 0.3) is 0 Å². The third kappa shape index (κ3) is 4.90. The molecule has 1 unspecified atom stereocenters. The smallest absolute Gasteiger partial charge is 0.160 e. The fourth-order valence-electron chi connectivity index (χ4n) is 4.66. The highest BCUT2D eigenvalue weighted by Gasteiger charge is 2.23. The van der Waals surface area contributed by atoms with E-state index in [-0.39, 0.29) is 0 Å². The van der Waals surface area contributed by atoms with E-state index in [1.165, 1.54) is 36.1 Å². The molecule has 5 nitrogen and oxygen atoms in total. The van der Waals surface area contributed by atoms with Crippen LogP contribution in [-0.4, -0.2) is 63.4 Å². The van der Waals surface area contributed by atoms with Crippen LogP contribution in [0.4, 0.5) is 0 Å². The van der Waals surface area contributed by atoms with Crippen LogP contribution in [0.15, 0.2) is 36.4 Å². The maximum absolute atomic E-state index is 5.65. The number of likely N-dealkylation sites (N-methyl/N-ethyl adjacent to an activating group) is 1. The maximum atomic E-state index is 5.65. The zero-order valence-corrected chi connectivity index (χ0v) is 18.5. The van der Waals surface area contributed by atoms with Crippen LogP contribution in [-0.2, 0) is 19.4 Å². The monoisotopic (exact) mass is 410 g/mol. The van der Waals surface area contributed by atoms with Crippen LogP contribution >= 0.6 is 0 Å². The Balaban J connectivity index is 1.30. The number of ether oxygens (including phenoxy) is 3. The van der Waals surface area contributed by atoms with E-state index in [1.807, 2.05) is 6.07 Å². The van der Waals surface area contributed by atoms with Crippen molar-refractivity contribution in [3.8, 4) is 17.2 Å². The molecule has 1 atom stereocenters. The molecule has 2 aliphatic heterocycles. The van der Waals surface area contributed by atoms with Crippen molar-refractivity contribution in [1.82, 2.24) is 9.80 Å². The lowest BCUT2D eigenvalue weighted by atomic mass is 10.0. The largest absolute Gasteiger partial charge is 0.493 e. The SMILES string of the molecule is COc1ccc(CCN(C)C2CCCN(Cc3ccc4c(c3)CCO4)C2)cc1OC. The lowest BCUT2D eigenvalue weighted by molar-refractivity contribution is 0.112. The Hall–Kier alpha value is -2.24. The van der Waals surface area contributed by atoms with Crippen molar-refractivity contribution in [1.29, 1.82) is 0 Å². The molecule has 2 aromatic carbocycles. The second-order valence-electron chi connectivity index (χ2n) is 8.49. The second kappa shape index (κ2) is 9.71. The number of hydrogen-bond acceptors (Lipinski definition) is 5. The van der Waals surface area contributed by atoms with Crippen molar-refractivity contribution in [2.45, 2.75) is 38.3 Å². The third-order valence-corrected chi connectivity index (χ3v) is 6.47. The van der Waals surface area contributed by atoms with Crippen molar-refractivity contribution < 1.29 is 14.2 Å². The zero-order chi connectivity index (χ0) is 20.9. The molecule has 0 radical (unpaired) electrons. The molecule has 5 heteroatoms. The van der Waals surface area contributed by atoms with Gasteiger partial charge in [-0.3, -0.25) is 4.90 Å². The minimum Gasteiger partial charge on any atom is -0.493 e. The molecule has 0 aromatic heterocycles. The summed E-state index contributed by atoms with van der Waals surface area (Å²) in [7, 11) is 5.64. The molecule has 2 aromatic rings. The van der Waals surface area contributed by atoms with E-state index in [4.69, 9.17) is 14.2 Å². The Morgan fingerprint density at radius 2 is 1.90 bits per heavy atom. The summed E-state index contributed by atoms with van der Waals surface area (Å²) in [4.78, 5) is 5.14. The average Bonchev–Trinajstić information content (AvgIpc) is 3.25. The molecule has 4 rings (SSSR count). The Bertz CT molecular complexity index is 854. The molecule has 30 heavy (non-hydrogen) atoms. The Kier molecular flexibility index (Phi) is 6.80. The molecule has 0 spiro atoms. The molecule has 0 saturated carbocycles. The minimum absolute atomic E-state index is 0.608. The van der Waals surface area contributed by atoms with Gasteiger partial charge >= 0.3 is 0 Å². The van der Waals surface area contributed by atoms with Gasteiger partial charge in [-0.25, -0.2) is 0 Å². The molecule has 0 bridgehead atoms. The fraction of sp³-hybridized carbons (Fsp3) is 0.520. The first-order chi connectivity index (χ1) is 14.7. The van der Waals surface area contributed by atoms with Crippen LogP contribution in [0.1, 0.15) is 29.5 Å². The van der Waals surface area contributed by atoms with Gasteiger partial charge in [0.2, 0.25) is 0 Å². The van der Waals surface area contributed by atoms with Gasteiger partial charge in [0, 0.05) is 32.1 Å². The maximum Gasteiger partial charge on any atom is 0.160 e. The number of piperidine rings is 1. The van der Waals surface area contributed by atoms with Gasteiger partial charge in [0.15, 0.2) is 11.5 Å². The van der Waals surface area contributed by atoms with E-state index in [0.717, 1.165) is 56.3 Å². The number of likely N-dealkylation sites (tertiary alicyclic amines) is 1. The summed E-state index contributed by atoms with van der Waals surface area (Å²) >= 11 is 0. The molecule has 2 heterocycles. The van der Waals surface area contributed by atoms with E-state index in [9.17, 15) is 0 Å². The lowest BCUT2D eigenvalue weighted by Gasteiger charge is -2.37. The third-order valence-electron chi connectivity index (χ3n) is 6.47. The van der Waals surface area contributed by atoms with Crippen molar-refractivity contribution in [3.63, 3.8) is 0 Å². The summed E-state index contributed by atoms with van der Waals surface area (Å²) in [5, 5.41) is 0. The second-order valence-corrected chi connectivity index (χ2v) is 8.49. The molecule has 162 valence electrons. The summed E-state index contributed by atoms with van der Waals surface area (Å²) in [6.07, 6.45) is 4.60. The van der Waals surface area contributed by atoms with E-state index in [2.05, 4.69) is 47.2 Å².